The van der Waals surface area contributed by atoms with Crippen LogP contribution in [0.4, 0.5) is 11.4 Å². The molecule has 0 aliphatic heterocycles. The van der Waals surface area contributed by atoms with Gasteiger partial charge in [0.05, 0.1) is 18.8 Å². The maximum Gasteiger partial charge on any atom is 0.241 e. The predicted octanol–water partition coefficient (Wildman–Crippen LogP) is 0.442. The van der Waals surface area contributed by atoms with Crippen molar-refractivity contribution in [3.05, 3.63) is 12.3 Å². The molecule has 1 aromatic heterocycles. The molecule has 3 N–H and O–H groups in total. The second kappa shape index (κ2) is 5.49. The van der Waals surface area contributed by atoms with Crippen LogP contribution >= 0.6 is 0 Å². The van der Waals surface area contributed by atoms with Crippen LogP contribution < -0.4 is 20.7 Å². The number of nitrogens with two attached hydrogens (primary N) is 1. The average molecular weight is 238 g/mol. The van der Waals surface area contributed by atoms with Gasteiger partial charge in [0.1, 0.15) is 5.69 Å². The fourth-order valence-corrected chi connectivity index (χ4v) is 1.31. The largest absolute Gasteiger partial charge is 0.479 e. The summed E-state index contributed by atoms with van der Waals surface area (Å²) < 4.78 is 5.12. The number of carbonyl (C=O) groups excluding carboxylic acids is 1. The molecule has 0 saturated carbocycles. The maximum absolute atomic E-state index is 11.6. The number of ether oxygens (including phenoxy) is 1. The van der Waals surface area contributed by atoms with E-state index in [0.717, 1.165) is 5.69 Å². The molecule has 94 valence electrons. The van der Waals surface area contributed by atoms with Crippen LogP contribution in [-0.2, 0) is 4.79 Å². The van der Waals surface area contributed by atoms with Gasteiger partial charge in [-0.1, -0.05) is 0 Å². The SMILES string of the molecule is COc1nccc(N(C)C)c1NC(=O)C(C)N. The van der Waals surface area contributed by atoms with Crippen molar-refractivity contribution in [1.29, 1.82) is 0 Å². The van der Waals surface area contributed by atoms with Crippen LogP contribution in [0.3, 0.4) is 0 Å². The molecule has 0 fully saturated rings. The molecule has 0 aromatic carbocycles. The molecule has 0 aliphatic rings. The van der Waals surface area contributed by atoms with Gasteiger partial charge in [-0.2, -0.15) is 0 Å². The van der Waals surface area contributed by atoms with Crippen LogP contribution in [-0.4, -0.2) is 38.1 Å². The Morgan fingerprint density at radius 3 is 2.71 bits per heavy atom. The first-order valence-electron chi connectivity index (χ1n) is 5.24. The molecule has 17 heavy (non-hydrogen) atoms. The maximum atomic E-state index is 11.6. The van der Waals surface area contributed by atoms with Gasteiger partial charge < -0.3 is 20.7 Å². The molecule has 0 saturated heterocycles. The van der Waals surface area contributed by atoms with Gasteiger partial charge in [0.15, 0.2) is 0 Å². The van der Waals surface area contributed by atoms with Crippen LogP contribution in [0.15, 0.2) is 12.3 Å². The number of nitrogens with zero attached hydrogens (tertiary/aromatic N) is 2. The summed E-state index contributed by atoms with van der Waals surface area (Å²) in [6, 6.07) is 1.20. The second-order valence-corrected chi connectivity index (χ2v) is 3.89. The number of anilines is 2. The van der Waals surface area contributed by atoms with Gasteiger partial charge >= 0.3 is 0 Å². The summed E-state index contributed by atoms with van der Waals surface area (Å²) in [5.74, 6) is 0.0876. The zero-order valence-corrected chi connectivity index (χ0v) is 10.5. The normalized spacial score (nSPS) is 11.8. The molecule has 1 rings (SSSR count). The number of hydrogen-bond acceptors (Lipinski definition) is 5. The van der Waals surface area contributed by atoms with Crippen LogP contribution in [0.25, 0.3) is 0 Å². The Morgan fingerprint density at radius 2 is 2.24 bits per heavy atom. The lowest BCUT2D eigenvalue weighted by Crippen LogP contribution is -2.33. The summed E-state index contributed by atoms with van der Waals surface area (Å²) in [6.45, 7) is 1.62. The van der Waals surface area contributed by atoms with Crippen LogP contribution in [0.1, 0.15) is 6.92 Å². The summed E-state index contributed by atoms with van der Waals surface area (Å²) in [6.07, 6.45) is 1.62. The smallest absolute Gasteiger partial charge is 0.241 e. The minimum atomic E-state index is -0.588. The van der Waals surface area contributed by atoms with E-state index in [2.05, 4.69) is 10.3 Å². The number of nitrogens with one attached hydrogen (secondary N) is 1. The third-order valence-electron chi connectivity index (χ3n) is 2.23. The predicted molar refractivity (Wildman–Crippen MR) is 67.4 cm³/mol. The van der Waals surface area contributed by atoms with Crippen LogP contribution in [0.5, 0.6) is 5.88 Å². The Labute approximate surface area is 101 Å². The molecule has 0 spiro atoms. The Hall–Kier alpha value is -1.82. The lowest BCUT2D eigenvalue weighted by atomic mass is 10.2. The van der Waals surface area contributed by atoms with Gasteiger partial charge in [-0.15, -0.1) is 0 Å². The van der Waals surface area contributed by atoms with E-state index in [0.29, 0.717) is 11.6 Å². The first-order valence-corrected chi connectivity index (χ1v) is 5.24. The number of aromatic nitrogens is 1. The van der Waals surface area contributed by atoms with E-state index in [4.69, 9.17) is 10.5 Å². The Balaban J connectivity index is 3.13. The third kappa shape index (κ3) is 3.07. The first kappa shape index (κ1) is 13.2. The minimum absolute atomic E-state index is 0.278. The summed E-state index contributed by atoms with van der Waals surface area (Å²) in [7, 11) is 5.25. The van der Waals surface area contributed by atoms with Gasteiger partial charge in [0.25, 0.3) is 0 Å². The second-order valence-electron chi connectivity index (χ2n) is 3.89. The van der Waals surface area contributed by atoms with Gasteiger partial charge in [-0.05, 0) is 13.0 Å². The fraction of sp³-hybridized carbons (Fsp3) is 0.455. The Morgan fingerprint density at radius 1 is 1.59 bits per heavy atom. The molecule has 6 nitrogen and oxygen atoms in total. The molecule has 1 atom stereocenters. The molecule has 1 heterocycles. The summed E-state index contributed by atoms with van der Waals surface area (Å²) >= 11 is 0. The highest BCUT2D eigenvalue weighted by Crippen LogP contribution is 2.31. The van der Waals surface area contributed by atoms with Gasteiger partial charge in [-0.3, -0.25) is 4.79 Å². The highest BCUT2D eigenvalue weighted by molar-refractivity contribution is 5.98. The van der Waals surface area contributed by atoms with E-state index in [1.54, 1.807) is 19.2 Å². The zero-order valence-electron chi connectivity index (χ0n) is 10.5. The molecule has 0 aliphatic carbocycles. The Kier molecular flexibility index (Phi) is 4.28. The van der Waals surface area contributed by atoms with Crippen molar-refractivity contribution >= 4 is 17.3 Å². The van der Waals surface area contributed by atoms with Gasteiger partial charge in [0.2, 0.25) is 11.8 Å². The van der Waals surface area contributed by atoms with E-state index in [9.17, 15) is 4.79 Å². The number of pyridine rings is 1. The molecule has 1 aromatic rings. The van der Waals surface area contributed by atoms with E-state index < -0.39 is 6.04 Å². The number of amides is 1. The minimum Gasteiger partial charge on any atom is -0.479 e. The highest BCUT2D eigenvalue weighted by Gasteiger charge is 2.16. The van der Waals surface area contributed by atoms with Crippen molar-refractivity contribution in [3.8, 4) is 5.88 Å². The molecule has 0 bridgehead atoms. The molecular formula is C11H18N4O2. The van der Waals surface area contributed by atoms with E-state index in [1.807, 2.05) is 19.0 Å². The summed E-state index contributed by atoms with van der Waals surface area (Å²) in [5, 5.41) is 2.72. The van der Waals surface area contributed by atoms with E-state index >= 15 is 0 Å². The molecule has 1 unspecified atom stereocenters. The summed E-state index contributed by atoms with van der Waals surface area (Å²) in [5.41, 5.74) is 6.86. The standard InChI is InChI=1S/C11H18N4O2/c1-7(12)10(16)14-9-8(15(2)3)5-6-13-11(9)17-4/h5-7H,12H2,1-4H3,(H,14,16). The molecule has 6 heteroatoms. The van der Waals surface area contributed by atoms with Gasteiger partial charge in [-0.25, -0.2) is 4.98 Å². The zero-order chi connectivity index (χ0) is 13.0. The highest BCUT2D eigenvalue weighted by atomic mass is 16.5. The number of rotatable bonds is 4. The van der Waals surface area contributed by atoms with Crippen molar-refractivity contribution in [1.82, 2.24) is 4.98 Å². The van der Waals surface area contributed by atoms with E-state index in [-0.39, 0.29) is 5.91 Å². The quantitative estimate of drug-likeness (QED) is 0.795. The van der Waals surface area contributed by atoms with Crippen molar-refractivity contribution in [2.75, 3.05) is 31.4 Å². The third-order valence-corrected chi connectivity index (χ3v) is 2.23. The Bertz CT molecular complexity index is 404. The number of carbonyl (C=O) groups is 1. The van der Waals surface area contributed by atoms with Crippen molar-refractivity contribution in [2.45, 2.75) is 13.0 Å². The molecule has 0 radical (unpaired) electrons. The average Bonchev–Trinajstić information content (AvgIpc) is 2.28. The lowest BCUT2D eigenvalue weighted by molar-refractivity contribution is -0.117. The van der Waals surface area contributed by atoms with Crippen LogP contribution in [0.2, 0.25) is 0 Å². The lowest BCUT2D eigenvalue weighted by Gasteiger charge is -2.19. The fourth-order valence-electron chi connectivity index (χ4n) is 1.31. The first-order chi connectivity index (χ1) is 7.97. The van der Waals surface area contributed by atoms with E-state index in [1.165, 1.54) is 7.11 Å². The summed E-state index contributed by atoms with van der Waals surface area (Å²) in [4.78, 5) is 17.5. The number of methoxy groups -OCH3 is 1. The van der Waals surface area contributed by atoms with Crippen LogP contribution in [0, 0.1) is 0 Å². The van der Waals surface area contributed by atoms with Crippen molar-refractivity contribution in [3.63, 3.8) is 0 Å². The molecule has 1 amide bonds. The number of hydrogen-bond donors (Lipinski definition) is 2. The van der Waals surface area contributed by atoms with Crippen molar-refractivity contribution < 1.29 is 9.53 Å². The monoisotopic (exact) mass is 238 g/mol. The topological polar surface area (TPSA) is 80.5 Å². The van der Waals surface area contributed by atoms with Gasteiger partial charge in [0, 0.05) is 20.3 Å². The molecular weight excluding hydrogens is 220 g/mol. The van der Waals surface area contributed by atoms with Crippen molar-refractivity contribution in [2.24, 2.45) is 5.73 Å².